The van der Waals surface area contributed by atoms with Gasteiger partial charge in [0.25, 0.3) is 10.0 Å². The second-order valence-corrected chi connectivity index (χ2v) is 8.61. The summed E-state index contributed by atoms with van der Waals surface area (Å²) in [7, 11) is -2.62. The number of amides is 1. The van der Waals surface area contributed by atoms with Crippen LogP contribution in [0.2, 0.25) is 0 Å². The lowest BCUT2D eigenvalue weighted by atomic mass is 10.1. The summed E-state index contributed by atoms with van der Waals surface area (Å²) in [5, 5.41) is 6.55. The summed E-state index contributed by atoms with van der Waals surface area (Å²) in [6, 6.07) is 10.9. The molecule has 0 spiro atoms. The first kappa shape index (κ1) is 23.1. The zero-order chi connectivity index (χ0) is 23.3. The number of carbonyl (C=O) groups excluding carboxylic acids is 1. The van der Waals surface area contributed by atoms with Gasteiger partial charge in [-0.05, 0) is 63.2 Å². The summed E-state index contributed by atoms with van der Waals surface area (Å²) in [5.74, 6) is 1.02. The van der Waals surface area contributed by atoms with Crippen LogP contribution in [0.5, 0.6) is 11.5 Å². The lowest BCUT2D eigenvalue weighted by molar-refractivity contribution is -0.115. The number of ether oxygens (including phenoxy) is 2. The van der Waals surface area contributed by atoms with Crippen LogP contribution in [0.4, 0.5) is 11.4 Å². The van der Waals surface area contributed by atoms with Crippen molar-refractivity contribution < 1.29 is 27.2 Å². The monoisotopic (exact) mass is 459 g/mol. The molecule has 0 aliphatic heterocycles. The molecule has 9 nitrogen and oxygen atoms in total. The summed E-state index contributed by atoms with van der Waals surface area (Å²) in [6.07, 6.45) is 0.0553. The Bertz CT molecular complexity index is 1180. The van der Waals surface area contributed by atoms with E-state index in [4.69, 9.17) is 14.0 Å². The molecule has 0 aliphatic rings. The largest absolute Gasteiger partial charge is 0.495 e. The minimum atomic E-state index is -3.99. The number of carbonyl (C=O) groups is 1. The summed E-state index contributed by atoms with van der Waals surface area (Å²) < 4.78 is 44.2. The molecular formula is C22H25N3O6S. The SMILES string of the molecule is CCOc1ccc(NS(=O)(=O)c2cc(NC(=O)Cc3c(C)noc3C)ccc2OC)cc1. The molecule has 0 saturated carbocycles. The first-order valence-corrected chi connectivity index (χ1v) is 11.4. The van der Waals surface area contributed by atoms with Gasteiger partial charge in [-0.3, -0.25) is 9.52 Å². The second-order valence-electron chi connectivity index (χ2n) is 6.96. The number of aromatic nitrogens is 1. The molecule has 0 unspecified atom stereocenters. The minimum Gasteiger partial charge on any atom is -0.495 e. The molecule has 1 heterocycles. The quantitative estimate of drug-likeness (QED) is 0.501. The summed E-state index contributed by atoms with van der Waals surface area (Å²) in [4.78, 5) is 12.4. The van der Waals surface area contributed by atoms with E-state index in [1.54, 1.807) is 44.2 Å². The van der Waals surface area contributed by atoms with E-state index in [-0.39, 0.29) is 23.0 Å². The smallest absolute Gasteiger partial charge is 0.265 e. The summed E-state index contributed by atoms with van der Waals surface area (Å²) in [5.41, 5.74) is 2.01. The fraction of sp³-hybridized carbons (Fsp3) is 0.273. The molecule has 3 rings (SSSR count). The van der Waals surface area contributed by atoms with E-state index in [1.807, 2.05) is 6.92 Å². The van der Waals surface area contributed by atoms with Gasteiger partial charge in [0, 0.05) is 16.9 Å². The number of benzene rings is 2. The molecule has 1 amide bonds. The van der Waals surface area contributed by atoms with Crippen molar-refractivity contribution in [3.8, 4) is 11.5 Å². The Morgan fingerprint density at radius 3 is 2.38 bits per heavy atom. The van der Waals surface area contributed by atoms with E-state index in [0.29, 0.717) is 40.7 Å². The van der Waals surface area contributed by atoms with Crippen molar-refractivity contribution in [3.05, 3.63) is 59.5 Å². The molecule has 0 bridgehead atoms. The summed E-state index contributed by atoms with van der Waals surface area (Å²) >= 11 is 0. The van der Waals surface area contributed by atoms with Crippen LogP contribution in [-0.2, 0) is 21.2 Å². The van der Waals surface area contributed by atoms with E-state index in [2.05, 4.69) is 15.2 Å². The molecule has 0 radical (unpaired) electrons. The standard InChI is InChI=1S/C22H25N3O6S/c1-5-30-18-9-6-16(7-10-18)25-32(27,28)21-12-17(8-11-20(21)29-4)23-22(26)13-19-14(2)24-31-15(19)3/h6-12,25H,5,13H2,1-4H3,(H,23,26). The third-order valence-electron chi connectivity index (χ3n) is 4.67. The van der Waals surface area contributed by atoms with Gasteiger partial charge in [0.2, 0.25) is 5.91 Å². The number of methoxy groups -OCH3 is 1. The molecule has 2 N–H and O–H groups in total. The van der Waals surface area contributed by atoms with Crippen molar-refractivity contribution in [2.45, 2.75) is 32.1 Å². The Kier molecular flexibility index (Phi) is 7.04. The normalized spacial score (nSPS) is 11.1. The predicted octanol–water partition coefficient (Wildman–Crippen LogP) is 3.68. The van der Waals surface area contributed by atoms with Crippen molar-refractivity contribution in [2.24, 2.45) is 0 Å². The van der Waals surface area contributed by atoms with Crippen molar-refractivity contribution in [2.75, 3.05) is 23.8 Å². The fourth-order valence-corrected chi connectivity index (χ4v) is 4.34. The highest BCUT2D eigenvalue weighted by atomic mass is 32.2. The number of aryl methyl sites for hydroxylation is 2. The topological polar surface area (TPSA) is 120 Å². The van der Waals surface area contributed by atoms with Crippen LogP contribution in [0.1, 0.15) is 23.9 Å². The predicted molar refractivity (Wildman–Crippen MR) is 120 cm³/mol. The molecule has 2 aromatic carbocycles. The van der Waals surface area contributed by atoms with Crippen LogP contribution in [0.25, 0.3) is 0 Å². The number of hydrogen-bond acceptors (Lipinski definition) is 7. The van der Waals surface area contributed by atoms with Crippen molar-refractivity contribution >= 4 is 27.3 Å². The Hall–Kier alpha value is -3.53. The van der Waals surface area contributed by atoms with Gasteiger partial charge in [0.15, 0.2) is 0 Å². The van der Waals surface area contributed by atoms with Gasteiger partial charge >= 0.3 is 0 Å². The van der Waals surface area contributed by atoms with E-state index in [9.17, 15) is 13.2 Å². The van der Waals surface area contributed by atoms with Gasteiger partial charge < -0.3 is 19.3 Å². The third-order valence-corrected chi connectivity index (χ3v) is 6.08. The molecule has 1 aromatic heterocycles. The number of nitrogens with zero attached hydrogens (tertiary/aromatic N) is 1. The van der Waals surface area contributed by atoms with Crippen LogP contribution in [0, 0.1) is 13.8 Å². The van der Waals surface area contributed by atoms with Crippen molar-refractivity contribution in [1.82, 2.24) is 5.16 Å². The molecule has 0 atom stereocenters. The number of rotatable bonds is 9. The molecular weight excluding hydrogens is 434 g/mol. The van der Waals surface area contributed by atoms with Crippen molar-refractivity contribution in [3.63, 3.8) is 0 Å². The molecule has 10 heteroatoms. The van der Waals surface area contributed by atoms with Gasteiger partial charge in [-0.25, -0.2) is 8.42 Å². The maximum atomic E-state index is 13.0. The third kappa shape index (κ3) is 5.38. The highest BCUT2D eigenvalue weighted by molar-refractivity contribution is 7.92. The Labute approximate surface area is 186 Å². The highest BCUT2D eigenvalue weighted by Gasteiger charge is 2.21. The van der Waals surface area contributed by atoms with Gasteiger partial charge in [-0.1, -0.05) is 5.16 Å². The highest BCUT2D eigenvalue weighted by Crippen LogP contribution is 2.29. The van der Waals surface area contributed by atoms with Gasteiger partial charge in [0.05, 0.1) is 25.8 Å². The maximum absolute atomic E-state index is 13.0. The molecule has 32 heavy (non-hydrogen) atoms. The first-order chi connectivity index (χ1) is 15.2. The van der Waals surface area contributed by atoms with Gasteiger partial charge in [-0.2, -0.15) is 0 Å². The Morgan fingerprint density at radius 1 is 1.09 bits per heavy atom. The molecule has 170 valence electrons. The zero-order valence-electron chi connectivity index (χ0n) is 18.3. The summed E-state index contributed by atoms with van der Waals surface area (Å²) in [6.45, 7) is 5.86. The van der Waals surface area contributed by atoms with Crippen LogP contribution in [-0.4, -0.2) is 33.2 Å². The molecule has 3 aromatic rings. The van der Waals surface area contributed by atoms with E-state index >= 15 is 0 Å². The average molecular weight is 460 g/mol. The number of anilines is 2. The maximum Gasteiger partial charge on any atom is 0.265 e. The Morgan fingerprint density at radius 2 is 1.78 bits per heavy atom. The Balaban J connectivity index is 1.81. The van der Waals surface area contributed by atoms with E-state index < -0.39 is 10.0 Å². The van der Waals surface area contributed by atoms with Crippen LogP contribution in [0.3, 0.4) is 0 Å². The molecule has 0 saturated heterocycles. The van der Waals surface area contributed by atoms with E-state index in [0.717, 1.165) is 0 Å². The fourth-order valence-electron chi connectivity index (χ4n) is 3.08. The van der Waals surface area contributed by atoms with Gasteiger partial charge in [0.1, 0.15) is 22.2 Å². The molecule has 0 aliphatic carbocycles. The number of sulfonamides is 1. The van der Waals surface area contributed by atoms with Crippen LogP contribution < -0.4 is 19.5 Å². The lowest BCUT2D eigenvalue weighted by Crippen LogP contribution is -2.17. The van der Waals surface area contributed by atoms with Crippen molar-refractivity contribution in [1.29, 1.82) is 0 Å². The minimum absolute atomic E-state index is 0.0553. The van der Waals surface area contributed by atoms with Crippen LogP contribution in [0.15, 0.2) is 51.9 Å². The van der Waals surface area contributed by atoms with Crippen LogP contribution >= 0.6 is 0 Å². The zero-order valence-corrected chi connectivity index (χ0v) is 19.1. The average Bonchev–Trinajstić information content (AvgIpc) is 3.07. The number of nitrogens with one attached hydrogen (secondary N) is 2. The van der Waals surface area contributed by atoms with E-state index in [1.165, 1.54) is 19.2 Å². The first-order valence-electron chi connectivity index (χ1n) is 9.88. The molecule has 0 fully saturated rings. The lowest BCUT2D eigenvalue weighted by Gasteiger charge is -2.14. The van der Waals surface area contributed by atoms with Gasteiger partial charge in [-0.15, -0.1) is 0 Å². The second kappa shape index (κ2) is 9.73. The number of hydrogen-bond donors (Lipinski definition) is 2.